The van der Waals surface area contributed by atoms with Crippen molar-refractivity contribution in [3.8, 4) is 5.75 Å². The number of hydrogen-bond donors (Lipinski definition) is 4. The first-order valence-corrected chi connectivity index (χ1v) is 12.8. The molecule has 2 bridgehead atoms. The molecule has 1 aromatic carbocycles. The summed E-state index contributed by atoms with van der Waals surface area (Å²) in [4.78, 5) is 27.6. The van der Waals surface area contributed by atoms with Crippen LogP contribution >= 0.6 is 0 Å². The van der Waals surface area contributed by atoms with Gasteiger partial charge in [0.05, 0.1) is 5.60 Å². The van der Waals surface area contributed by atoms with Crippen LogP contribution < -0.4 is 10.6 Å². The van der Waals surface area contributed by atoms with Crippen molar-refractivity contribution in [2.24, 2.45) is 5.92 Å². The zero-order valence-electron chi connectivity index (χ0n) is 19.2. The molecule has 0 radical (unpaired) electrons. The van der Waals surface area contributed by atoms with Crippen LogP contribution in [0.2, 0.25) is 0 Å². The first-order valence-electron chi connectivity index (χ1n) is 12.8. The molecule has 3 amide bonds. The molecule has 2 aliphatic heterocycles. The van der Waals surface area contributed by atoms with Crippen LogP contribution in [0.5, 0.6) is 5.75 Å². The molecular formula is C26H35N3O4. The average Bonchev–Trinajstić information content (AvgIpc) is 3.03. The van der Waals surface area contributed by atoms with Gasteiger partial charge >= 0.3 is 6.03 Å². The lowest BCUT2D eigenvalue weighted by molar-refractivity contribution is -0.152. The molecule has 4 N–H and O–H groups in total. The number of imide groups is 1. The van der Waals surface area contributed by atoms with Crippen LogP contribution in [0, 0.1) is 5.92 Å². The van der Waals surface area contributed by atoms with Gasteiger partial charge in [-0.25, -0.2) is 4.79 Å². The molecule has 1 aromatic rings. The second-order valence-corrected chi connectivity index (χ2v) is 11.3. The largest absolute Gasteiger partial charge is 0.508 e. The van der Waals surface area contributed by atoms with Crippen LogP contribution in [0.3, 0.4) is 0 Å². The summed E-state index contributed by atoms with van der Waals surface area (Å²) in [5, 5.41) is 28.4. The SMILES string of the molecule is O=C1NC(=O)[C@@]2(CC[C@@]3(O)[C@H]4Cc5ccc(O)cc5C3(CCCN4CC3CCCCC3)C2)N1. The number of phenols is 1. The van der Waals surface area contributed by atoms with Crippen molar-refractivity contribution < 1.29 is 19.8 Å². The highest BCUT2D eigenvalue weighted by Crippen LogP contribution is 2.60. The fraction of sp³-hybridized carbons (Fsp3) is 0.692. The molecule has 1 spiro atoms. The van der Waals surface area contributed by atoms with Gasteiger partial charge in [-0.15, -0.1) is 0 Å². The second kappa shape index (κ2) is 7.44. The van der Waals surface area contributed by atoms with E-state index < -0.39 is 22.6 Å². The standard InChI is InChI=1S/C26H35N3O4/c30-19-8-7-18-13-21-26(33)11-10-25(22(31)27-23(32)28-25)16-24(26,20(18)14-19)9-4-12-29(21)15-17-5-2-1-3-6-17/h7-8,14,17,21,30,33H,1-6,9-13,15-16H2,(H2,27,28,31,32)/t21-,24?,25+,26-/m1/s1. The molecule has 2 saturated heterocycles. The number of aromatic hydroxyl groups is 1. The Morgan fingerprint density at radius 3 is 2.64 bits per heavy atom. The van der Waals surface area contributed by atoms with Crippen LogP contribution in [-0.2, 0) is 16.6 Å². The summed E-state index contributed by atoms with van der Waals surface area (Å²) in [6.45, 7) is 1.97. The van der Waals surface area contributed by atoms with Gasteiger partial charge in [0.15, 0.2) is 0 Å². The maximum atomic E-state index is 13.0. The highest BCUT2D eigenvalue weighted by atomic mass is 16.3. The number of nitrogens with one attached hydrogen (secondary N) is 2. The van der Waals surface area contributed by atoms with Crippen LogP contribution in [0.1, 0.15) is 75.3 Å². The molecule has 1 unspecified atom stereocenters. The van der Waals surface area contributed by atoms with Crippen molar-refractivity contribution in [3.05, 3.63) is 29.3 Å². The third-order valence-corrected chi connectivity index (χ3v) is 9.66. The fourth-order valence-corrected chi connectivity index (χ4v) is 8.14. The summed E-state index contributed by atoms with van der Waals surface area (Å²) >= 11 is 0. The van der Waals surface area contributed by atoms with Crippen LogP contribution in [0.25, 0.3) is 0 Å². The molecule has 7 heteroatoms. The number of fused-ring (bicyclic) bond motifs is 1. The number of hydrogen-bond acceptors (Lipinski definition) is 5. The maximum Gasteiger partial charge on any atom is 0.322 e. The monoisotopic (exact) mass is 453 g/mol. The molecule has 0 aromatic heterocycles. The number of phenolic OH excluding ortho intramolecular Hbond substituents is 1. The number of benzene rings is 1. The molecule has 6 rings (SSSR count). The zero-order chi connectivity index (χ0) is 22.8. The first kappa shape index (κ1) is 21.4. The number of urea groups is 1. The van der Waals surface area contributed by atoms with Crippen molar-refractivity contribution in [2.45, 2.75) is 93.2 Å². The summed E-state index contributed by atoms with van der Waals surface area (Å²) in [6.07, 6.45) is 10.2. The van der Waals surface area contributed by atoms with E-state index >= 15 is 0 Å². The maximum absolute atomic E-state index is 13.0. The molecule has 2 heterocycles. The summed E-state index contributed by atoms with van der Waals surface area (Å²) in [5.74, 6) is 0.591. The third-order valence-electron chi connectivity index (χ3n) is 9.66. The molecule has 2 saturated carbocycles. The van der Waals surface area contributed by atoms with Crippen molar-refractivity contribution >= 4 is 11.9 Å². The van der Waals surface area contributed by atoms with Gasteiger partial charge < -0.3 is 15.5 Å². The smallest absolute Gasteiger partial charge is 0.322 e. The Morgan fingerprint density at radius 2 is 1.88 bits per heavy atom. The lowest BCUT2D eigenvalue weighted by Crippen LogP contribution is -2.72. The van der Waals surface area contributed by atoms with E-state index in [1.54, 1.807) is 12.1 Å². The van der Waals surface area contributed by atoms with Crippen LogP contribution in [0.15, 0.2) is 18.2 Å². The Morgan fingerprint density at radius 1 is 1.06 bits per heavy atom. The van der Waals surface area contributed by atoms with Crippen molar-refractivity contribution in [1.82, 2.24) is 15.5 Å². The van der Waals surface area contributed by atoms with E-state index in [1.165, 1.54) is 32.1 Å². The predicted octanol–water partition coefficient (Wildman–Crippen LogP) is 2.72. The fourth-order valence-electron chi connectivity index (χ4n) is 8.14. The molecule has 178 valence electrons. The number of nitrogens with zero attached hydrogens (tertiary/aromatic N) is 1. The molecule has 5 aliphatic rings. The van der Waals surface area contributed by atoms with Crippen molar-refractivity contribution in [3.63, 3.8) is 0 Å². The topological polar surface area (TPSA) is 102 Å². The Hall–Kier alpha value is -2.12. The van der Waals surface area contributed by atoms with Crippen molar-refractivity contribution in [2.75, 3.05) is 13.1 Å². The molecule has 7 nitrogen and oxygen atoms in total. The van der Waals surface area contributed by atoms with Gasteiger partial charge in [-0.3, -0.25) is 15.0 Å². The highest BCUT2D eigenvalue weighted by Gasteiger charge is 2.68. The second-order valence-electron chi connectivity index (χ2n) is 11.3. The van der Waals surface area contributed by atoms with Gasteiger partial charge in [-0.2, -0.15) is 0 Å². The molecular weight excluding hydrogens is 418 g/mol. The Kier molecular flexibility index (Phi) is 4.83. The number of aliphatic hydroxyl groups is 1. The molecule has 4 atom stereocenters. The van der Waals surface area contributed by atoms with Gasteiger partial charge in [-0.05, 0) is 87.1 Å². The van der Waals surface area contributed by atoms with E-state index in [0.29, 0.717) is 25.2 Å². The van der Waals surface area contributed by atoms with Gasteiger partial charge in [0, 0.05) is 18.0 Å². The van der Waals surface area contributed by atoms with Crippen LogP contribution in [0.4, 0.5) is 4.79 Å². The Labute approximate surface area is 194 Å². The lowest BCUT2D eigenvalue weighted by Gasteiger charge is -2.61. The third kappa shape index (κ3) is 3.08. The van der Waals surface area contributed by atoms with E-state index in [2.05, 4.69) is 15.5 Å². The molecule has 3 aliphatic carbocycles. The number of carbonyl (C=O) groups excluding carboxylic acids is 2. The molecule has 33 heavy (non-hydrogen) atoms. The van der Waals surface area contributed by atoms with E-state index in [1.807, 2.05) is 6.07 Å². The van der Waals surface area contributed by atoms with Gasteiger partial charge in [0.25, 0.3) is 5.91 Å². The lowest BCUT2D eigenvalue weighted by atomic mass is 9.48. The summed E-state index contributed by atoms with van der Waals surface area (Å²) in [6, 6.07) is 5.08. The first-order chi connectivity index (χ1) is 15.9. The average molecular weight is 454 g/mol. The van der Waals surface area contributed by atoms with E-state index in [4.69, 9.17) is 0 Å². The Bertz CT molecular complexity index is 992. The quantitative estimate of drug-likeness (QED) is 0.516. The molecule has 4 fully saturated rings. The zero-order valence-corrected chi connectivity index (χ0v) is 19.2. The number of rotatable bonds is 2. The van der Waals surface area contributed by atoms with Crippen molar-refractivity contribution in [1.29, 1.82) is 0 Å². The minimum Gasteiger partial charge on any atom is -0.508 e. The summed E-state index contributed by atoms with van der Waals surface area (Å²) in [7, 11) is 0. The Balaban J connectivity index is 1.45. The minimum atomic E-state index is -1.00. The van der Waals surface area contributed by atoms with E-state index in [-0.39, 0.29) is 17.7 Å². The van der Waals surface area contributed by atoms with Gasteiger partial charge in [0.1, 0.15) is 11.3 Å². The minimum absolute atomic E-state index is 0.0171. The van der Waals surface area contributed by atoms with E-state index in [0.717, 1.165) is 43.5 Å². The predicted molar refractivity (Wildman–Crippen MR) is 123 cm³/mol. The number of likely N-dealkylation sites (tertiary alicyclic amines) is 1. The highest BCUT2D eigenvalue weighted by molar-refractivity contribution is 6.07. The van der Waals surface area contributed by atoms with Crippen LogP contribution in [-0.4, -0.2) is 57.3 Å². The van der Waals surface area contributed by atoms with E-state index in [9.17, 15) is 19.8 Å². The number of carbonyl (C=O) groups is 2. The number of amides is 3. The van der Waals surface area contributed by atoms with Gasteiger partial charge in [-0.1, -0.05) is 25.3 Å². The summed E-state index contributed by atoms with van der Waals surface area (Å²) < 4.78 is 0. The van der Waals surface area contributed by atoms with Gasteiger partial charge in [0.2, 0.25) is 0 Å². The normalized spacial score (nSPS) is 38.9. The summed E-state index contributed by atoms with van der Waals surface area (Å²) in [5.41, 5.74) is -0.559.